The molecule has 1 N–H and O–H groups in total. The lowest BCUT2D eigenvalue weighted by Crippen LogP contribution is -2.32. The summed E-state index contributed by atoms with van der Waals surface area (Å²) in [5.41, 5.74) is -1.64. The molecule has 0 aliphatic carbocycles. The van der Waals surface area contributed by atoms with Crippen molar-refractivity contribution < 1.29 is 9.90 Å². The van der Waals surface area contributed by atoms with Gasteiger partial charge >= 0.3 is 0 Å². The van der Waals surface area contributed by atoms with Crippen LogP contribution in [-0.4, -0.2) is 24.2 Å². The Balaban J connectivity index is 3.79. The van der Waals surface area contributed by atoms with E-state index in [0.717, 1.165) is 0 Å². The molecule has 0 spiro atoms. The van der Waals surface area contributed by atoms with Crippen molar-refractivity contribution >= 4 is 13.6 Å². The number of aliphatic hydroxyl groups is 1. The van der Waals surface area contributed by atoms with Crippen LogP contribution in [-0.2, 0) is 4.79 Å². The summed E-state index contributed by atoms with van der Waals surface area (Å²) in [5, 5.41) is 8.52. The summed E-state index contributed by atoms with van der Waals surface area (Å²) in [5.74, 6) is -0.424. The van der Waals surface area contributed by atoms with Gasteiger partial charge < -0.3 is 5.11 Å². The van der Waals surface area contributed by atoms with E-state index in [1.807, 2.05) is 0 Å². The van der Waals surface area contributed by atoms with Gasteiger partial charge in [-0.15, -0.1) is 0 Å². The van der Waals surface area contributed by atoms with Gasteiger partial charge in [0.25, 0.3) is 0 Å². The average molecular weight is 97.9 g/mol. The van der Waals surface area contributed by atoms with Crippen LogP contribution in [0.1, 0.15) is 13.8 Å². The van der Waals surface area contributed by atoms with Gasteiger partial charge in [-0.3, -0.25) is 4.79 Å². The van der Waals surface area contributed by atoms with E-state index in [4.69, 9.17) is 13.0 Å². The molecule has 0 aliphatic rings. The molecule has 2 radical (unpaired) electrons. The maximum absolute atomic E-state index is 10.1. The molecule has 0 bridgehead atoms. The normalized spacial score (nSPS) is 18.1. The van der Waals surface area contributed by atoms with Crippen molar-refractivity contribution in [3.63, 3.8) is 0 Å². The predicted molar refractivity (Wildman–Crippen MR) is 27.1 cm³/mol. The Hall–Kier alpha value is -0.305. The van der Waals surface area contributed by atoms with Crippen molar-refractivity contribution in [1.29, 1.82) is 0 Å². The zero-order valence-corrected chi connectivity index (χ0v) is 4.43. The minimum absolute atomic E-state index is 0.424. The van der Waals surface area contributed by atoms with Gasteiger partial charge in [0.2, 0.25) is 0 Å². The molecular formula is C4H7BO2. The summed E-state index contributed by atoms with van der Waals surface area (Å²) in [7, 11) is 4.88. The van der Waals surface area contributed by atoms with E-state index < -0.39 is 11.3 Å². The van der Waals surface area contributed by atoms with Crippen molar-refractivity contribution in [1.82, 2.24) is 0 Å². The number of rotatable bonds is 1. The largest absolute Gasteiger partial charge is 0.393 e. The number of carbonyl (C=O) groups excluding carboxylic acids is 1. The summed E-state index contributed by atoms with van der Waals surface area (Å²) in [6.07, 6.45) is 0. The molecule has 0 fully saturated rings. The van der Waals surface area contributed by atoms with Gasteiger partial charge in [-0.05, 0) is 13.8 Å². The lowest BCUT2D eigenvalue weighted by Gasteiger charge is -2.10. The fourth-order valence-electron chi connectivity index (χ4n) is 0. The molecule has 0 aromatic heterocycles. The van der Waals surface area contributed by atoms with Gasteiger partial charge in [0.05, 0.1) is 5.50 Å². The van der Waals surface area contributed by atoms with E-state index in [1.54, 1.807) is 0 Å². The summed E-state index contributed by atoms with van der Waals surface area (Å²) in [4.78, 5) is 10.1. The highest BCUT2D eigenvalue weighted by Crippen LogP contribution is 1.94. The molecule has 0 heterocycles. The van der Waals surface area contributed by atoms with Crippen LogP contribution in [0.25, 0.3) is 0 Å². The Morgan fingerprint density at radius 1 is 1.86 bits per heavy atom. The first-order chi connectivity index (χ1) is 2.94. The fraction of sp³-hybridized carbons (Fsp3) is 0.750. The highest BCUT2D eigenvalue weighted by molar-refractivity contribution is 6.26. The van der Waals surface area contributed by atoms with Crippen LogP contribution in [0.4, 0.5) is 0 Å². The van der Waals surface area contributed by atoms with Crippen molar-refractivity contribution in [3.8, 4) is 0 Å². The molecule has 38 valence electrons. The van der Waals surface area contributed by atoms with Gasteiger partial charge in [0, 0.05) is 0 Å². The Kier molecular flexibility index (Phi) is 1.59. The Morgan fingerprint density at radius 3 is 2.00 bits per heavy atom. The van der Waals surface area contributed by atoms with Gasteiger partial charge in [0.15, 0.2) is 5.78 Å². The minimum atomic E-state index is -1.64. The highest BCUT2D eigenvalue weighted by atomic mass is 16.3. The third-order valence-corrected chi connectivity index (χ3v) is 0.713. The zero-order valence-electron chi connectivity index (χ0n) is 4.43. The predicted octanol–water partition coefficient (Wildman–Crippen LogP) is -0.548. The van der Waals surface area contributed by atoms with Crippen molar-refractivity contribution in [2.24, 2.45) is 0 Å². The second-order valence-electron chi connectivity index (χ2n) is 1.70. The third kappa shape index (κ3) is 2.40. The highest BCUT2D eigenvalue weighted by Gasteiger charge is 2.16. The SMILES string of the molecule is [B]C(C)(O)C(C)=O. The van der Waals surface area contributed by atoms with Crippen LogP contribution in [0, 0.1) is 0 Å². The molecule has 1 unspecified atom stereocenters. The Bertz CT molecular complexity index is 82.2. The molecule has 1 atom stereocenters. The van der Waals surface area contributed by atoms with Crippen molar-refractivity contribution in [2.75, 3.05) is 0 Å². The lowest BCUT2D eigenvalue weighted by atomic mass is 9.81. The van der Waals surface area contributed by atoms with Gasteiger partial charge in [-0.25, -0.2) is 0 Å². The number of carbonyl (C=O) groups is 1. The second kappa shape index (κ2) is 1.66. The maximum atomic E-state index is 10.1. The summed E-state index contributed by atoms with van der Waals surface area (Å²) in [6.45, 7) is 2.48. The molecule has 3 heteroatoms. The van der Waals surface area contributed by atoms with E-state index in [2.05, 4.69) is 0 Å². The van der Waals surface area contributed by atoms with E-state index in [9.17, 15) is 4.79 Å². The second-order valence-corrected chi connectivity index (χ2v) is 1.70. The van der Waals surface area contributed by atoms with Crippen LogP contribution in [0.3, 0.4) is 0 Å². The standard InChI is InChI=1S/C4H7BO2/c1-3(6)4(2,5)7/h7H,1-2H3. The van der Waals surface area contributed by atoms with Gasteiger partial charge in [-0.2, -0.15) is 0 Å². The summed E-state index contributed by atoms with van der Waals surface area (Å²) < 4.78 is 0. The van der Waals surface area contributed by atoms with E-state index in [0.29, 0.717) is 0 Å². The van der Waals surface area contributed by atoms with Crippen molar-refractivity contribution in [2.45, 2.75) is 19.3 Å². The summed E-state index contributed by atoms with van der Waals surface area (Å²) in [6, 6.07) is 0. The molecule has 7 heavy (non-hydrogen) atoms. The van der Waals surface area contributed by atoms with E-state index >= 15 is 0 Å². The fourth-order valence-corrected chi connectivity index (χ4v) is 0. The molecular weight excluding hydrogens is 90.9 g/mol. The monoisotopic (exact) mass is 98.1 g/mol. The number of hydrogen-bond acceptors (Lipinski definition) is 2. The number of Topliss-reactive ketones (excluding diaryl/α,β-unsaturated/α-hetero) is 1. The van der Waals surface area contributed by atoms with Crippen molar-refractivity contribution in [3.05, 3.63) is 0 Å². The lowest BCUT2D eigenvalue weighted by molar-refractivity contribution is -0.126. The molecule has 0 amide bonds. The molecule has 0 aromatic rings. The van der Waals surface area contributed by atoms with Crippen LogP contribution in [0.2, 0.25) is 0 Å². The first kappa shape index (κ1) is 6.69. The van der Waals surface area contributed by atoms with Crippen LogP contribution in [0.15, 0.2) is 0 Å². The van der Waals surface area contributed by atoms with Crippen LogP contribution < -0.4 is 0 Å². The van der Waals surface area contributed by atoms with Crippen LogP contribution in [0.5, 0.6) is 0 Å². The Morgan fingerprint density at radius 2 is 2.00 bits per heavy atom. The van der Waals surface area contributed by atoms with E-state index in [1.165, 1.54) is 13.8 Å². The van der Waals surface area contributed by atoms with E-state index in [-0.39, 0.29) is 0 Å². The molecule has 0 saturated carbocycles. The van der Waals surface area contributed by atoms with Crippen LogP contribution >= 0.6 is 0 Å². The number of ketones is 1. The number of hydrogen-bond donors (Lipinski definition) is 1. The zero-order chi connectivity index (χ0) is 6.08. The molecule has 0 saturated heterocycles. The molecule has 0 aromatic carbocycles. The van der Waals surface area contributed by atoms with Gasteiger partial charge in [-0.1, -0.05) is 0 Å². The first-order valence-corrected chi connectivity index (χ1v) is 1.97. The average Bonchev–Trinajstić information content (AvgIpc) is 1.31. The smallest absolute Gasteiger partial charge is 0.151 e. The molecule has 0 aliphatic heterocycles. The third-order valence-electron chi connectivity index (χ3n) is 0.713. The minimum Gasteiger partial charge on any atom is -0.393 e. The first-order valence-electron chi connectivity index (χ1n) is 1.97. The summed E-state index contributed by atoms with van der Waals surface area (Å²) >= 11 is 0. The maximum Gasteiger partial charge on any atom is 0.151 e. The van der Waals surface area contributed by atoms with Gasteiger partial charge in [0.1, 0.15) is 7.85 Å². The Labute approximate surface area is 43.9 Å². The molecule has 0 rings (SSSR count). The quantitative estimate of drug-likeness (QED) is 0.447. The topological polar surface area (TPSA) is 37.3 Å². The molecule has 2 nitrogen and oxygen atoms in total.